The summed E-state index contributed by atoms with van der Waals surface area (Å²) in [5.74, 6) is -3.56. The van der Waals surface area contributed by atoms with Gasteiger partial charge in [0.1, 0.15) is 28.8 Å². The Morgan fingerprint density at radius 2 is 1.68 bits per heavy atom. The van der Waals surface area contributed by atoms with Crippen LogP contribution in [0, 0.1) is 18.3 Å². The summed E-state index contributed by atoms with van der Waals surface area (Å²) in [5.41, 5.74) is 0.579. The molecule has 204 valence electrons. The highest BCUT2D eigenvalue weighted by Crippen LogP contribution is 2.41. The Kier molecular flexibility index (Phi) is 5.94. The van der Waals surface area contributed by atoms with Crippen LogP contribution in [0.5, 0.6) is 0 Å². The first-order chi connectivity index (χ1) is 19.1. The molecule has 0 saturated heterocycles. The van der Waals surface area contributed by atoms with Crippen molar-refractivity contribution in [1.82, 2.24) is 25.4 Å². The predicted molar refractivity (Wildman–Crippen MR) is 141 cm³/mol. The highest BCUT2D eigenvalue weighted by molar-refractivity contribution is 6.00. The predicted octanol–water partition coefficient (Wildman–Crippen LogP) is 4.84. The van der Waals surface area contributed by atoms with Crippen molar-refractivity contribution < 1.29 is 22.8 Å². The average Bonchev–Trinajstić information content (AvgIpc) is 3.36. The van der Waals surface area contributed by atoms with Gasteiger partial charge in [-0.15, -0.1) is 0 Å². The molecule has 2 heterocycles. The van der Waals surface area contributed by atoms with Gasteiger partial charge in [-0.2, -0.15) is 10.4 Å². The third kappa shape index (κ3) is 4.81. The zero-order valence-corrected chi connectivity index (χ0v) is 21.7. The van der Waals surface area contributed by atoms with Crippen LogP contribution in [0.2, 0.25) is 0 Å². The van der Waals surface area contributed by atoms with Gasteiger partial charge in [-0.1, -0.05) is 24.3 Å². The highest BCUT2D eigenvalue weighted by atomic mass is 19.3. The van der Waals surface area contributed by atoms with Crippen molar-refractivity contribution in [3.63, 3.8) is 0 Å². The number of aromatic nitrogens is 3. The number of amides is 2. The summed E-state index contributed by atoms with van der Waals surface area (Å²) in [4.78, 5) is 30.7. The summed E-state index contributed by atoms with van der Waals surface area (Å²) in [5, 5.41) is 19.7. The van der Waals surface area contributed by atoms with Crippen LogP contribution in [-0.2, 0) is 4.79 Å². The molecule has 0 spiro atoms. The number of nitrogens with zero attached hydrogens (tertiary/aromatic N) is 4. The van der Waals surface area contributed by atoms with Crippen LogP contribution in [0.4, 0.5) is 8.78 Å². The van der Waals surface area contributed by atoms with Gasteiger partial charge in [0, 0.05) is 18.2 Å². The summed E-state index contributed by atoms with van der Waals surface area (Å²) in [6.07, 6.45) is 1.06. The summed E-state index contributed by atoms with van der Waals surface area (Å²) < 4.78 is 35.5. The van der Waals surface area contributed by atoms with E-state index in [9.17, 15) is 23.6 Å². The molecule has 2 aromatic heterocycles. The number of rotatable bonds is 6. The molecule has 2 saturated carbocycles. The van der Waals surface area contributed by atoms with Crippen LogP contribution in [0.3, 0.4) is 0 Å². The molecule has 11 heteroatoms. The summed E-state index contributed by atoms with van der Waals surface area (Å²) in [7, 11) is 0. The lowest BCUT2D eigenvalue weighted by Crippen LogP contribution is -2.62. The number of alkyl halides is 2. The molecular weight excluding hydrogens is 518 g/mol. The molecule has 6 rings (SSSR count). The van der Waals surface area contributed by atoms with E-state index in [2.05, 4.69) is 26.8 Å². The van der Waals surface area contributed by atoms with Crippen molar-refractivity contribution in [3.05, 3.63) is 66.4 Å². The lowest BCUT2D eigenvalue weighted by atomic mass is 9.78. The number of nitriles is 1. The Labute approximate surface area is 228 Å². The largest absolute Gasteiger partial charge is 0.451 e. The average molecular weight is 545 g/mol. The number of hydrogen-bond acceptors (Lipinski definition) is 6. The third-order valence-corrected chi connectivity index (χ3v) is 7.75. The number of nitrogens with one attached hydrogen (secondary N) is 2. The second-order valence-corrected chi connectivity index (χ2v) is 10.7. The first-order valence-electron chi connectivity index (χ1n) is 13.1. The molecule has 9 nitrogen and oxygen atoms in total. The Hall–Kier alpha value is -4.59. The summed E-state index contributed by atoms with van der Waals surface area (Å²) in [6, 6.07) is 16.9. The summed E-state index contributed by atoms with van der Waals surface area (Å²) >= 11 is 0. The van der Waals surface area contributed by atoms with Gasteiger partial charge in [0.05, 0.1) is 11.8 Å². The van der Waals surface area contributed by atoms with Crippen LogP contribution >= 0.6 is 0 Å². The smallest absolute Gasteiger partial charge is 0.287 e. The van der Waals surface area contributed by atoms with E-state index >= 15 is 0 Å². The molecule has 2 aliphatic rings. The number of benzene rings is 2. The first-order valence-corrected chi connectivity index (χ1v) is 13.1. The minimum Gasteiger partial charge on any atom is -0.451 e. The molecule has 0 unspecified atom stereocenters. The maximum Gasteiger partial charge on any atom is 0.287 e. The number of fused-ring (bicyclic) bond motifs is 1. The normalized spacial score (nSPS) is 18.6. The molecule has 0 aliphatic heterocycles. The van der Waals surface area contributed by atoms with Crippen molar-refractivity contribution in [2.75, 3.05) is 0 Å². The zero-order valence-electron chi connectivity index (χ0n) is 21.7. The molecule has 0 atom stereocenters. The van der Waals surface area contributed by atoms with Crippen molar-refractivity contribution in [2.24, 2.45) is 0 Å². The fourth-order valence-corrected chi connectivity index (χ4v) is 5.06. The van der Waals surface area contributed by atoms with E-state index in [0.717, 1.165) is 16.8 Å². The van der Waals surface area contributed by atoms with Crippen LogP contribution in [0.25, 0.3) is 27.8 Å². The molecule has 4 aromatic rings. The van der Waals surface area contributed by atoms with Gasteiger partial charge in [-0.25, -0.2) is 18.4 Å². The Bertz CT molecular complexity index is 1650. The van der Waals surface area contributed by atoms with E-state index in [1.165, 1.54) is 0 Å². The summed E-state index contributed by atoms with van der Waals surface area (Å²) in [6.45, 7) is 1.82. The zero-order chi connectivity index (χ0) is 28.1. The third-order valence-electron chi connectivity index (χ3n) is 7.75. The van der Waals surface area contributed by atoms with Gasteiger partial charge < -0.3 is 15.1 Å². The molecule has 40 heavy (non-hydrogen) atoms. The molecular formula is C29H26F2N6O3. The minimum atomic E-state index is -2.91. The van der Waals surface area contributed by atoms with E-state index in [4.69, 9.17) is 4.42 Å². The van der Waals surface area contributed by atoms with Crippen molar-refractivity contribution in [2.45, 2.75) is 62.4 Å². The number of hydrogen-bond donors (Lipinski definition) is 2. The number of halogens is 2. The number of aryl methyl sites for hydroxylation is 1. The molecule has 2 amide bonds. The maximum atomic E-state index is 14.0. The quantitative estimate of drug-likeness (QED) is 0.358. The Balaban J connectivity index is 1.23. The lowest BCUT2D eigenvalue weighted by Gasteiger charge is -2.39. The number of furan rings is 1. The van der Waals surface area contributed by atoms with Gasteiger partial charge >= 0.3 is 0 Å². The minimum absolute atomic E-state index is 0.0324. The number of carbonyl (C=O) groups excluding carboxylic acids is 2. The topological polar surface area (TPSA) is 126 Å². The van der Waals surface area contributed by atoms with Crippen LogP contribution in [0.1, 0.15) is 54.9 Å². The Morgan fingerprint density at radius 3 is 2.30 bits per heavy atom. The molecule has 2 aliphatic carbocycles. The van der Waals surface area contributed by atoms with E-state index in [1.807, 2.05) is 49.4 Å². The number of carbonyl (C=O) groups is 2. The van der Waals surface area contributed by atoms with Crippen molar-refractivity contribution in [3.8, 4) is 22.9 Å². The lowest BCUT2D eigenvalue weighted by molar-refractivity contribution is -0.133. The second-order valence-electron chi connectivity index (χ2n) is 10.7. The SMILES string of the molecule is Cc1ncn(-c2ccc(-c3ccc4cc(C(=O)NC5(C(=O)NC6(C#N)CC6)CCC(F)(F)CC5)oc4c3)cc2)n1. The van der Waals surface area contributed by atoms with Gasteiger partial charge in [0.15, 0.2) is 5.76 Å². The van der Waals surface area contributed by atoms with Crippen LogP contribution in [0.15, 0.2) is 59.3 Å². The highest BCUT2D eigenvalue weighted by Gasteiger charge is 2.53. The van der Waals surface area contributed by atoms with E-state index in [1.54, 1.807) is 17.1 Å². The van der Waals surface area contributed by atoms with E-state index in [0.29, 0.717) is 29.6 Å². The van der Waals surface area contributed by atoms with Gasteiger partial charge in [0.2, 0.25) is 11.8 Å². The van der Waals surface area contributed by atoms with Crippen molar-refractivity contribution in [1.29, 1.82) is 5.26 Å². The van der Waals surface area contributed by atoms with E-state index < -0.39 is 41.7 Å². The fraction of sp³-hybridized carbons (Fsp3) is 0.345. The van der Waals surface area contributed by atoms with Crippen molar-refractivity contribution >= 4 is 22.8 Å². The monoisotopic (exact) mass is 544 g/mol. The fourth-order valence-electron chi connectivity index (χ4n) is 5.06. The molecule has 0 radical (unpaired) electrons. The van der Waals surface area contributed by atoms with Crippen LogP contribution in [-0.4, -0.2) is 43.6 Å². The maximum absolute atomic E-state index is 14.0. The molecule has 0 bridgehead atoms. The molecule has 2 N–H and O–H groups in total. The first kappa shape index (κ1) is 25.7. The second kappa shape index (κ2) is 9.26. The van der Waals surface area contributed by atoms with Crippen LogP contribution < -0.4 is 10.6 Å². The van der Waals surface area contributed by atoms with E-state index in [-0.39, 0.29) is 18.6 Å². The molecule has 2 fully saturated rings. The molecule has 2 aromatic carbocycles. The van der Waals surface area contributed by atoms with Gasteiger partial charge in [-0.3, -0.25) is 9.59 Å². The van der Waals surface area contributed by atoms with Gasteiger partial charge in [0.25, 0.3) is 5.91 Å². The van der Waals surface area contributed by atoms with Gasteiger partial charge in [-0.05, 0) is 68.0 Å². The standard InChI is InChI=1S/C29H26F2N6O3/c1-18-33-17-37(36-18)22-6-4-19(5-7-22)20-2-3-21-15-24(40-23(21)14-20)25(38)34-28(10-12-29(30,31)13-11-28)26(39)35-27(16-32)8-9-27/h2-7,14-15,17H,8-13H2,1H3,(H,34,38)(H,35,39). The Morgan fingerprint density at radius 1 is 0.975 bits per heavy atom.